The van der Waals surface area contributed by atoms with Crippen LogP contribution in [-0.2, 0) is 14.9 Å². The van der Waals surface area contributed by atoms with Crippen molar-refractivity contribution in [3.63, 3.8) is 0 Å². The molecular formula is C17H26BrClN2O2. The van der Waals surface area contributed by atoms with Crippen LogP contribution in [0.1, 0.15) is 37.7 Å². The van der Waals surface area contributed by atoms with Crippen molar-refractivity contribution in [3.8, 4) is 0 Å². The lowest BCUT2D eigenvalue weighted by atomic mass is 9.69. The van der Waals surface area contributed by atoms with E-state index in [1.54, 1.807) is 7.11 Å². The molecule has 6 heteroatoms. The molecule has 0 saturated heterocycles. The van der Waals surface area contributed by atoms with Gasteiger partial charge in [-0.2, -0.15) is 0 Å². The summed E-state index contributed by atoms with van der Waals surface area (Å²) in [5, 5.41) is 3.04. The highest BCUT2D eigenvalue weighted by Crippen LogP contribution is 2.39. The first kappa shape index (κ1) is 20.4. The van der Waals surface area contributed by atoms with Crippen molar-refractivity contribution in [3.05, 3.63) is 34.3 Å². The molecule has 0 heterocycles. The van der Waals surface area contributed by atoms with E-state index in [1.807, 2.05) is 0 Å². The molecule has 0 radical (unpaired) electrons. The van der Waals surface area contributed by atoms with Crippen LogP contribution in [0, 0.1) is 0 Å². The third-order valence-corrected chi connectivity index (χ3v) is 5.08. The highest BCUT2D eigenvalue weighted by molar-refractivity contribution is 9.10. The van der Waals surface area contributed by atoms with E-state index in [0.29, 0.717) is 6.54 Å². The molecule has 1 aliphatic carbocycles. The quantitative estimate of drug-likeness (QED) is 0.764. The largest absolute Gasteiger partial charge is 0.383 e. The fourth-order valence-corrected chi connectivity index (χ4v) is 3.51. The van der Waals surface area contributed by atoms with Gasteiger partial charge in [0.2, 0.25) is 5.91 Å². The van der Waals surface area contributed by atoms with Gasteiger partial charge in [-0.25, -0.2) is 0 Å². The number of nitrogens with one attached hydrogen (secondary N) is 1. The Balaban J connectivity index is 0.00000264. The van der Waals surface area contributed by atoms with E-state index in [-0.39, 0.29) is 30.3 Å². The predicted molar refractivity (Wildman–Crippen MR) is 99.0 cm³/mol. The van der Waals surface area contributed by atoms with E-state index in [1.165, 1.54) is 24.8 Å². The molecule has 130 valence electrons. The Morgan fingerprint density at radius 2 is 1.91 bits per heavy atom. The molecule has 1 aromatic rings. The Hall–Kier alpha value is -0.620. The third kappa shape index (κ3) is 5.45. The van der Waals surface area contributed by atoms with Crippen LogP contribution in [-0.4, -0.2) is 32.2 Å². The standard InChI is InChI=1S/C17H25BrN2O2.ClH/c1-22-11-15(19)16(21)20-12-17(9-3-2-4-10-17)13-5-7-14(18)8-6-13;/h5-8,15H,2-4,9-12,19H2,1H3,(H,20,21);1H. The van der Waals surface area contributed by atoms with Crippen LogP contribution in [0.2, 0.25) is 0 Å². The normalized spacial score (nSPS) is 17.9. The Bertz CT molecular complexity index is 490. The number of carbonyl (C=O) groups excluding carboxylic acids is 1. The first-order chi connectivity index (χ1) is 10.6. The number of ether oxygens (including phenoxy) is 1. The molecule has 0 aliphatic heterocycles. The maximum atomic E-state index is 12.1. The summed E-state index contributed by atoms with van der Waals surface area (Å²) in [5.41, 5.74) is 7.13. The Morgan fingerprint density at radius 1 is 1.30 bits per heavy atom. The van der Waals surface area contributed by atoms with Gasteiger partial charge in [0.1, 0.15) is 6.04 Å². The number of carbonyl (C=O) groups is 1. The molecular weight excluding hydrogens is 380 g/mol. The lowest BCUT2D eigenvalue weighted by Crippen LogP contribution is -2.49. The van der Waals surface area contributed by atoms with Crippen molar-refractivity contribution < 1.29 is 9.53 Å². The molecule has 23 heavy (non-hydrogen) atoms. The first-order valence-corrected chi connectivity index (χ1v) is 8.65. The number of nitrogens with two attached hydrogens (primary N) is 1. The third-order valence-electron chi connectivity index (χ3n) is 4.55. The average Bonchev–Trinajstić information content (AvgIpc) is 2.54. The van der Waals surface area contributed by atoms with Crippen molar-refractivity contribution in [2.24, 2.45) is 5.73 Å². The molecule has 0 spiro atoms. The van der Waals surface area contributed by atoms with Crippen LogP contribution in [0.25, 0.3) is 0 Å². The smallest absolute Gasteiger partial charge is 0.239 e. The van der Waals surface area contributed by atoms with Crippen molar-refractivity contribution in [1.29, 1.82) is 0 Å². The minimum atomic E-state index is -0.601. The summed E-state index contributed by atoms with van der Waals surface area (Å²) in [5.74, 6) is -0.135. The molecule has 1 unspecified atom stereocenters. The molecule has 1 saturated carbocycles. The first-order valence-electron chi connectivity index (χ1n) is 7.86. The summed E-state index contributed by atoms with van der Waals surface area (Å²) in [6.07, 6.45) is 5.89. The zero-order chi connectivity index (χ0) is 16.0. The van der Waals surface area contributed by atoms with Crippen molar-refractivity contribution in [2.75, 3.05) is 20.3 Å². The van der Waals surface area contributed by atoms with Gasteiger partial charge in [0.15, 0.2) is 0 Å². The molecule has 1 aromatic carbocycles. The summed E-state index contributed by atoms with van der Waals surface area (Å²) in [6.45, 7) is 0.891. The Morgan fingerprint density at radius 3 is 2.48 bits per heavy atom. The number of methoxy groups -OCH3 is 1. The van der Waals surface area contributed by atoms with E-state index in [9.17, 15) is 4.79 Å². The van der Waals surface area contributed by atoms with Gasteiger partial charge in [-0.15, -0.1) is 12.4 Å². The summed E-state index contributed by atoms with van der Waals surface area (Å²) in [6, 6.07) is 7.87. The number of hydrogen-bond acceptors (Lipinski definition) is 3. The monoisotopic (exact) mass is 404 g/mol. The van der Waals surface area contributed by atoms with E-state index in [4.69, 9.17) is 10.5 Å². The van der Waals surface area contributed by atoms with E-state index < -0.39 is 6.04 Å². The summed E-state index contributed by atoms with van der Waals surface area (Å²) in [4.78, 5) is 12.1. The topological polar surface area (TPSA) is 64.3 Å². The predicted octanol–water partition coefficient (Wildman–Crippen LogP) is 3.16. The van der Waals surface area contributed by atoms with Crippen LogP contribution < -0.4 is 11.1 Å². The fourth-order valence-electron chi connectivity index (χ4n) is 3.24. The van der Waals surface area contributed by atoms with Crippen LogP contribution in [0.5, 0.6) is 0 Å². The van der Waals surface area contributed by atoms with Crippen LogP contribution in [0.4, 0.5) is 0 Å². The minimum absolute atomic E-state index is 0. The summed E-state index contributed by atoms with van der Waals surface area (Å²) < 4.78 is 6.03. The van der Waals surface area contributed by atoms with Crippen LogP contribution >= 0.6 is 28.3 Å². The van der Waals surface area contributed by atoms with Gasteiger partial charge in [0.05, 0.1) is 6.61 Å². The highest BCUT2D eigenvalue weighted by atomic mass is 79.9. The van der Waals surface area contributed by atoms with Crippen molar-refractivity contribution in [1.82, 2.24) is 5.32 Å². The van der Waals surface area contributed by atoms with Gasteiger partial charge in [-0.05, 0) is 30.5 Å². The lowest BCUT2D eigenvalue weighted by molar-refractivity contribution is -0.123. The molecule has 4 nitrogen and oxygen atoms in total. The number of halogens is 2. The fraction of sp³-hybridized carbons (Fsp3) is 0.588. The molecule has 1 atom stereocenters. The van der Waals surface area contributed by atoms with Gasteiger partial charge < -0.3 is 15.8 Å². The average molecular weight is 406 g/mol. The maximum Gasteiger partial charge on any atom is 0.239 e. The van der Waals surface area contributed by atoms with Crippen molar-refractivity contribution in [2.45, 2.75) is 43.6 Å². The number of benzene rings is 1. The molecule has 0 bridgehead atoms. The van der Waals surface area contributed by atoms with E-state index >= 15 is 0 Å². The maximum absolute atomic E-state index is 12.1. The Kier molecular flexibility index (Phi) is 8.54. The molecule has 0 aromatic heterocycles. The molecule has 2 rings (SSSR count). The lowest BCUT2D eigenvalue weighted by Gasteiger charge is -2.38. The zero-order valence-corrected chi connectivity index (χ0v) is 15.9. The number of rotatable bonds is 6. The summed E-state index contributed by atoms with van der Waals surface area (Å²) >= 11 is 3.49. The van der Waals surface area contributed by atoms with Crippen LogP contribution in [0.3, 0.4) is 0 Å². The minimum Gasteiger partial charge on any atom is -0.383 e. The molecule has 1 fully saturated rings. The second kappa shape index (κ2) is 9.62. The van der Waals surface area contributed by atoms with Crippen LogP contribution in [0.15, 0.2) is 28.7 Å². The van der Waals surface area contributed by atoms with E-state index in [2.05, 4.69) is 45.5 Å². The zero-order valence-electron chi connectivity index (χ0n) is 13.5. The van der Waals surface area contributed by atoms with Gasteiger partial charge in [0, 0.05) is 23.5 Å². The van der Waals surface area contributed by atoms with Crippen molar-refractivity contribution >= 4 is 34.2 Å². The van der Waals surface area contributed by atoms with Gasteiger partial charge >= 0.3 is 0 Å². The van der Waals surface area contributed by atoms with Gasteiger partial charge in [-0.1, -0.05) is 47.3 Å². The SMILES string of the molecule is COCC(N)C(=O)NCC1(c2ccc(Br)cc2)CCCCC1.Cl. The molecule has 1 aliphatic rings. The number of amides is 1. The summed E-state index contributed by atoms with van der Waals surface area (Å²) in [7, 11) is 1.55. The number of hydrogen-bond donors (Lipinski definition) is 2. The second-order valence-electron chi connectivity index (χ2n) is 6.13. The Labute approximate surface area is 153 Å². The van der Waals surface area contributed by atoms with Gasteiger partial charge in [-0.3, -0.25) is 4.79 Å². The highest BCUT2D eigenvalue weighted by Gasteiger charge is 2.34. The molecule has 3 N–H and O–H groups in total. The van der Waals surface area contributed by atoms with E-state index in [0.717, 1.165) is 17.3 Å². The second-order valence-corrected chi connectivity index (χ2v) is 7.04. The molecule has 1 amide bonds. The van der Waals surface area contributed by atoms with Gasteiger partial charge in [0.25, 0.3) is 0 Å².